The van der Waals surface area contributed by atoms with Crippen molar-refractivity contribution in [3.05, 3.63) is 11.1 Å². The van der Waals surface area contributed by atoms with Gasteiger partial charge < -0.3 is 19.8 Å². The van der Waals surface area contributed by atoms with E-state index in [0.717, 1.165) is 83.0 Å². The number of aliphatic hydroxyl groups is 1. The summed E-state index contributed by atoms with van der Waals surface area (Å²) in [7, 11) is 0. The third-order valence-corrected chi connectivity index (χ3v) is 18.5. The lowest BCUT2D eigenvalue weighted by Crippen LogP contribution is -2.66. The molecule has 57 heavy (non-hydrogen) atoms. The number of fused-ring (bicyclic) bond motifs is 7. The molecule has 7 rings (SSSR count). The van der Waals surface area contributed by atoms with Crippen LogP contribution in [0.3, 0.4) is 0 Å². The number of nitrogens with zero attached hydrogens (tertiary/aromatic N) is 2. The number of carbonyl (C=O) groups is 4. The molecule has 0 bridgehead atoms. The molecule has 0 radical (unpaired) electrons. The highest BCUT2D eigenvalue weighted by molar-refractivity contribution is 6.00. The van der Waals surface area contributed by atoms with Gasteiger partial charge in [-0.1, -0.05) is 60.5 Å². The van der Waals surface area contributed by atoms with Crippen LogP contribution in [0.25, 0.3) is 0 Å². The van der Waals surface area contributed by atoms with Crippen LogP contribution in [-0.4, -0.2) is 88.6 Å². The first-order valence-corrected chi connectivity index (χ1v) is 23.0. The number of rotatable bonds is 13. The number of allylic oxidation sites excluding steroid dienone is 1. The third kappa shape index (κ3) is 6.96. The molecule has 1 aliphatic heterocycles. The van der Waals surface area contributed by atoms with Crippen LogP contribution in [0.1, 0.15) is 159 Å². The quantitative estimate of drug-likeness (QED) is 0.178. The van der Waals surface area contributed by atoms with Crippen molar-refractivity contribution in [2.75, 3.05) is 32.7 Å². The number of carboxylic acid groups (broad SMARTS) is 1. The highest BCUT2D eigenvalue weighted by atomic mass is 16.5. The van der Waals surface area contributed by atoms with Gasteiger partial charge in [0.05, 0.1) is 17.9 Å². The number of amides is 1. The van der Waals surface area contributed by atoms with Crippen molar-refractivity contribution in [2.45, 2.75) is 171 Å². The van der Waals surface area contributed by atoms with Crippen LogP contribution >= 0.6 is 0 Å². The Morgan fingerprint density at radius 2 is 1.63 bits per heavy atom. The summed E-state index contributed by atoms with van der Waals surface area (Å²) < 4.78 is 6.20. The Morgan fingerprint density at radius 1 is 0.912 bits per heavy atom. The summed E-state index contributed by atoms with van der Waals surface area (Å²) >= 11 is 0. The summed E-state index contributed by atoms with van der Waals surface area (Å²) in [6.07, 6.45) is 12.5. The minimum Gasteiger partial charge on any atom is -0.481 e. The number of esters is 1. The minimum atomic E-state index is -1.17. The summed E-state index contributed by atoms with van der Waals surface area (Å²) in [4.78, 5) is 56.3. The summed E-state index contributed by atoms with van der Waals surface area (Å²) in [6, 6.07) is 0. The van der Waals surface area contributed by atoms with E-state index in [-0.39, 0.29) is 57.7 Å². The zero-order chi connectivity index (χ0) is 41.5. The fraction of sp³-hybridized carbons (Fsp3) is 0.875. The number of ether oxygens (including phenoxy) is 1. The fourth-order valence-corrected chi connectivity index (χ4v) is 14.8. The summed E-state index contributed by atoms with van der Waals surface area (Å²) in [6.45, 7) is 23.6. The number of ketones is 1. The number of hydrogen-bond donors (Lipinski definition) is 2. The van der Waals surface area contributed by atoms with E-state index in [1.54, 1.807) is 13.8 Å². The molecular formula is C48H76N2O7. The van der Waals surface area contributed by atoms with Crippen molar-refractivity contribution in [1.82, 2.24) is 9.80 Å². The van der Waals surface area contributed by atoms with E-state index >= 15 is 0 Å². The number of hydrogen-bond acceptors (Lipinski definition) is 7. The van der Waals surface area contributed by atoms with Crippen LogP contribution in [0.5, 0.6) is 0 Å². The molecule has 9 atom stereocenters. The second-order valence-corrected chi connectivity index (χ2v) is 22.6. The Morgan fingerprint density at radius 3 is 2.25 bits per heavy atom. The van der Waals surface area contributed by atoms with Gasteiger partial charge in [0, 0.05) is 56.4 Å². The maximum atomic E-state index is 14.3. The van der Waals surface area contributed by atoms with E-state index in [1.807, 2.05) is 4.90 Å². The molecule has 0 aromatic rings. The molecule has 2 N–H and O–H groups in total. The van der Waals surface area contributed by atoms with Gasteiger partial charge in [-0.3, -0.25) is 24.1 Å². The van der Waals surface area contributed by atoms with E-state index in [1.165, 1.54) is 24.8 Å². The lowest BCUT2D eigenvalue weighted by Gasteiger charge is -2.72. The molecule has 6 aliphatic carbocycles. The van der Waals surface area contributed by atoms with Crippen LogP contribution in [-0.2, 0) is 23.9 Å². The zero-order valence-corrected chi connectivity index (χ0v) is 37.0. The van der Waals surface area contributed by atoms with E-state index in [2.05, 4.69) is 53.4 Å². The molecule has 9 nitrogen and oxygen atoms in total. The number of carbonyl (C=O) groups excluding carboxylic acids is 3. The molecule has 7 aliphatic rings. The lowest BCUT2D eigenvalue weighted by atomic mass is 9.33. The zero-order valence-electron chi connectivity index (χ0n) is 37.0. The van der Waals surface area contributed by atoms with Crippen LogP contribution in [0.4, 0.5) is 0 Å². The highest BCUT2D eigenvalue weighted by Crippen LogP contribution is 2.77. The van der Waals surface area contributed by atoms with E-state index in [0.29, 0.717) is 43.7 Å². The predicted octanol–water partition coefficient (Wildman–Crippen LogP) is 8.47. The first-order chi connectivity index (χ1) is 26.6. The van der Waals surface area contributed by atoms with E-state index in [9.17, 15) is 29.4 Å². The normalized spacial score (nSPS) is 38.4. The lowest BCUT2D eigenvalue weighted by molar-refractivity contribution is -0.235. The molecular weight excluding hydrogens is 717 g/mol. The molecule has 0 aromatic carbocycles. The van der Waals surface area contributed by atoms with E-state index in [4.69, 9.17) is 4.74 Å². The number of aliphatic carboxylic acids is 1. The number of Topliss-reactive ketones (excluding diaryl/α,β-unsaturated/α-hetero) is 1. The molecule has 320 valence electrons. The summed E-state index contributed by atoms with van der Waals surface area (Å²) in [5.74, 6) is 0.940. The summed E-state index contributed by atoms with van der Waals surface area (Å²) in [5, 5.41) is 22.3. The molecule has 1 heterocycles. The second-order valence-electron chi connectivity index (χ2n) is 22.6. The van der Waals surface area contributed by atoms with Crippen molar-refractivity contribution >= 4 is 23.6 Å². The van der Waals surface area contributed by atoms with Gasteiger partial charge in [0.2, 0.25) is 5.91 Å². The van der Waals surface area contributed by atoms with Crippen molar-refractivity contribution < 1.29 is 34.1 Å². The van der Waals surface area contributed by atoms with Crippen molar-refractivity contribution in [3.63, 3.8) is 0 Å². The van der Waals surface area contributed by atoms with Crippen LogP contribution in [0, 0.1) is 62.1 Å². The van der Waals surface area contributed by atoms with Crippen molar-refractivity contribution in [3.8, 4) is 0 Å². The molecule has 0 unspecified atom stereocenters. The Labute approximate surface area is 343 Å². The maximum Gasteiger partial charge on any atom is 0.309 e. The Bertz CT molecular complexity index is 1650. The fourth-order valence-electron chi connectivity index (χ4n) is 14.8. The highest BCUT2D eigenvalue weighted by Gasteiger charge is 2.71. The van der Waals surface area contributed by atoms with Gasteiger partial charge in [0.15, 0.2) is 5.78 Å². The Balaban J connectivity index is 1.14. The smallest absolute Gasteiger partial charge is 0.309 e. The SMILES string of the molecule is CC(C)C1=C2[C@H]3CC[C@@H]4[C@@]5(C)CC[C@H](OC(=O)CC(C)(C)C(=O)O)C(C)(C)[C@@H]5CC[C@@]4(C)[C@]3(C)CC[C@@]2([C@@H](O)CN(CCN2CCCC2=O)CC2CCC2)CC1=O. The maximum absolute atomic E-state index is 14.3. The Kier molecular flexibility index (Phi) is 11.3. The third-order valence-electron chi connectivity index (χ3n) is 18.5. The van der Waals surface area contributed by atoms with Crippen LogP contribution < -0.4 is 0 Å². The Hall–Kier alpha value is -2.26. The number of carboxylic acids is 1. The van der Waals surface area contributed by atoms with E-state index < -0.39 is 28.9 Å². The minimum absolute atomic E-state index is 0.0230. The van der Waals surface area contributed by atoms with Crippen LogP contribution in [0.2, 0.25) is 0 Å². The van der Waals surface area contributed by atoms with Crippen LogP contribution in [0.15, 0.2) is 11.1 Å². The van der Waals surface area contributed by atoms with Gasteiger partial charge in [-0.05, 0) is 136 Å². The van der Waals surface area contributed by atoms with Gasteiger partial charge in [0.25, 0.3) is 0 Å². The van der Waals surface area contributed by atoms with Gasteiger partial charge in [-0.25, -0.2) is 0 Å². The first-order valence-electron chi connectivity index (χ1n) is 23.0. The second kappa shape index (κ2) is 15.0. The van der Waals surface area contributed by atoms with Gasteiger partial charge in [0.1, 0.15) is 6.10 Å². The molecule has 0 spiro atoms. The summed E-state index contributed by atoms with van der Waals surface area (Å²) in [5.41, 5.74) is 0.446. The molecule has 5 saturated carbocycles. The largest absolute Gasteiger partial charge is 0.481 e. The number of aliphatic hydroxyl groups excluding tert-OH is 1. The average Bonchev–Trinajstić information content (AvgIpc) is 3.66. The first kappa shape index (κ1) is 42.8. The number of likely N-dealkylation sites (tertiary alicyclic amines) is 1. The molecule has 9 heteroatoms. The molecule has 1 amide bonds. The molecule has 6 fully saturated rings. The van der Waals surface area contributed by atoms with Crippen molar-refractivity contribution in [2.24, 2.45) is 62.1 Å². The molecule has 1 saturated heterocycles. The standard InChI is InChI=1S/C48H76N2O7/c1-30(2)40-33(51)26-48(36(52)29-49(28-31-12-10-13-31)24-25-50-23-11-14-38(50)53)22-21-46(8)32(41(40)48)15-16-35-45(7)19-18-37(57-39(54)27-43(3,4)42(55)56)44(5,6)34(45)17-20-47(35,46)9/h30-32,34-37,52H,10-29H2,1-9H3,(H,55,56)/t32-,34+,35-,36+,37+,45+,46-,47-,48+/m1/s1. The van der Waals surface area contributed by atoms with Gasteiger partial charge in [-0.2, -0.15) is 0 Å². The topological polar surface area (TPSA) is 124 Å². The predicted molar refractivity (Wildman–Crippen MR) is 221 cm³/mol. The molecule has 0 aromatic heterocycles. The van der Waals surface area contributed by atoms with Gasteiger partial charge >= 0.3 is 11.9 Å². The average molecular weight is 793 g/mol. The monoisotopic (exact) mass is 793 g/mol. The van der Waals surface area contributed by atoms with Crippen molar-refractivity contribution in [1.29, 1.82) is 0 Å². The van der Waals surface area contributed by atoms with Gasteiger partial charge in [-0.15, -0.1) is 0 Å².